The van der Waals surface area contributed by atoms with Crippen LogP contribution in [0.1, 0.15) is 33.4 Å². The van der Waals surface area contributed by atoms with Gasteiger partial charge in [0, 0.05) is 6.54 Å². The summed E-state index contributed by atoms with van der Waals surface area (Å²) in [6, 6.07) is 18.7. The number of carbonyl (C=O) groups is 1. The number of carbonyl (C=O) groups excluding carboxylic acids is 1. The Morgan fingerprint density at radius 2 is 1.74 bits per heavy atom. The largest absolute Gasteiger partial charge is 0.489 e. The minimum atomic E-state index is -0.278. The van der Waals surface area contributed by atoms with Crippen LogP contribution in [0.2, 0.25) is 0 Å². The molecule has 0 fully saturated rings. The van der Waals surface area contributed by atoms with Crippen molar-refractivity contribution in [2.75, 3.05) is 7.11 Å². The van der Waals surface area contributed by atoms with Gasteiger partial charge in [0.15, 0.2) is 0 Å². The van der Waals surface area contributed by atoms with Crippen LogP contribution in [0.4, 0.5) is 0 Å². The normalized spacial score (nSPS) is 15.3. The summed E-state index contributed by atoms with van der Waals surface area (Å²) in [6.07, 6.45) is 0.638. The van der Waals surface area contributed by atoms with E-state index in [4.69, 9.17) is 9.47 Å². The van der Waals surface area contributed by atoms with Crippen molar-refractivity contribution in [2.24, 2.45) is 0 Å². The van der Waals surface area contributed by atoms with Crippen molar-refractivity contribution in [3.8, 4) is 16.9 Å². The fraction of sp³-hybridized carbons (Fsp3) is 0.296. The second kappa shape index (κ2) is 8.94. The maximum Gasteiger partial charge on any atom is 0.323 e. The van der Waals surface area contributed by atoms with Gasteiger partial charge in [0.1, 0.15) is 18.4 Å². The number of nitrogens with one attached hydrogen (secondary N) is 1. The Balaban J connectivity index is 1.51. The summed E-state index contributed by atoms with van der Waals surface area (Å²) in [5.74, 6) is 0.624. The van der Waals surface area contributed by atoms with Gasteiger partial charge in [-0.2, -0.15) is 0 Å². The second-order valence-corrected chi connectivity index (χ2v) is 8.24. The summed E-state index contributed by atoms with van der Waals surface area (Å²) < 4.78 is 11.0. The Morgan fingerprint density at radius 1 is 1.00 bits per heavy atom. The molecule has 1 aliphatic rings. The van der Waals surface area contributed by atoms with Crippen LogP contribution in [0, 0.1) is 20.8 Å². The molecular formula is C27H29NO3. The van der Waals surface area contributed by atoms with Gasteiger partial charge in [0.05, 0.1) is 7.11 Å². The van der Waals surface area contributed by atoms with E-state index in [0.717, 1.165) is 11.3 Å². The van der Waals surface area contributed by atoms with E-state index >= 15 is 0 Å². The fourth-order valence-electron chi connectivity index (χ4n) is 4.40. The number of methoxy groups -OCH3 is 1. The molecule has 1 heterocycles. The maximum atomic E-state index is 11.8. The highest BCUT2D eigenvalue weighted by atomic mass is 16.5. The van der Waals surface area contributed by atoms with Crippen LogP contribution in [0.3, 0.4) is 0 Å². The van der Waals surface area contributed by atoms with Gasteiger partial charge in [0.25, 0.3) is 0 Å². The minimum Gasteiger partial charge on any atom is -0.489 e. The Bertz CT molecular complexity index is 1100. The third-order valence-corrected chi connectivity index (χ3v) is 6.22. The standard InChI is InChI=1S/C27H29NO3/c1-17-7-5-8-18(2)26(17)24-10-6-9-21(19(24)3)16-31-23-12-11-20-14-25(27(29)30-4)28-15-22(20)13-23/h5-13,25,28H,14-16H2,1-4H3/t25-/m0/s1. The van der Waals surface area contributed by atoms with Gasteiger partial charge in [-0.05, 0) is 83.8 Å². The first-order chi connectivity index (χ1) is 15.0. The topological polar surface area (TPSA) is 47.6 Å². The summed E-state index contributed by atoms with van der Waals surface area (Å²) in [7, 11) is 1.42. The zero-order valence-electron chi connectivity index (χ0n) is 18.6. The van der Waals surface area contributed by atoms with E-state index in [9.17, 15) is 4.79 Å². The average molecular weight is 416 g/mol. The van der Waals surface area contributed by atoms with E-state index in [1.807, 2.05) is 6.07 Å². The molecule has 1 aliphatic heterocycles. The maximum absolute atomic E-state index is 11.8. The van der Waals surface area contributed by atoms with Crippen molar-refractivity contribution in [3.63, 3.8) is 0 Å². The SMILES string of the molecule is COC(=O)[C@@H]1Cc2ccc(OCc3cccc(-c4c(C)cccc4C)c3C)cc2CN1. The third-order valence-electron chi connectivity index (χ3n) is 6.22. The predicted molar refractivity (Wildman–Crippen MR) is 123 cm³/mol. The van der Waals surface area contributed by atoms with Gasteiger partial charge in [-0.25, -0.2) is 0 Å². The Kier molecular flexibility index (Phi) is 6.10. The second-order valence-electron chi connectivity index (χ2n) is 8.24. The van der Waals surface area contributed by atoms with Crippen LogP contribution in [-0.4, -0.2) is 19.1 Å². The minimum absolute atomic E-state index is 0.217. The fourth-order valence-corrected chi connectivity index (χ4v) is 4.40. The molecule has 3 aromatic rings. The van der Waals surface area contributed by atoms with Crippen LogP contribution in [0.25, 0.3) is 11.1 Å². The van der Waals surface area contributed by atoms with Gasteiger partial charge in [-0.1, -0.05) is 42.5 Å². The summed E-state index contributed by atoms with van der Waals surface area (Å²) in [4.78, 5) is 11.8. The van der Waals surface area contributed by atoms with Gasteiger partial charge in [-0.15, -0.1) is 0 Å². The molecule has 0 amide bonds. The highest BCUT2D eigenvalue weighted by Gasteiger charge is 2.25. The van der Waals surface area contributed by atoms with Crippen molar-refractivity contribution < 1.29 is 14.3 Å². The molecule has 31 heavy (non-hydrogen) atoms. The van der Waals surface area contributed by atoms with Crippen molar-refractivity contribution in [2.45, 2.75) is 46.4 Å². The molecule has 0 aliphatic carbocycles. The predicted octanol–water partition coefficient (Wildman–Crippen LogP) is 5.05. The van der Waals surface area contributed by atoms with E-state index in [1.54, 1.807) is 0 Å². The van der Waals surface area contributed by atoms with Gasteiger partial charge in [0.2, 0.25) is 0 Å². The number of esters is 1. The lowest BCUT2D eigenvalue weighted by Gasteiger charge is -2.24. The molecule has 4 rings (SSSR count). The molecule has 4 heteroatoms. The van der Waals surface area contributed by atoms with E-state index in [2.05, 4.69) is 74.6 Å². The number of rotatable bonds is 5. The summed E-state index contributed by atoms with van der Waals surface area (Å²) >= 11 is 0. The number of ether oxygens (including phenoxy) is 2. The van der Waals surface area contributed by atoms with Crippen LogP contribution in [0.15, 0.2) is 54.6 Å². The number of aryl methyl sites for hydroxylation is 2. The average Bonchev–Trinajstić information content (AvgIpc) is 2.78. The molecule has 0 bridgehead atoms. The molecule has 160 valence electrons. The Hall–Kier alpha value is -3.11. The smallest absolute Gasteiger partial charge is 0.323 e. The van der Waals surface area contributed by atoms with Crippen LogP contribution in [-0.2, 0) is 29.1 Å². The molecule has 0 spiro atoms. The first kappa shape index (κ1) is 21.1. The van der Waals surface area contributed by atoms with Crippen molar-refractivity contribution in [1.82, 2.24) is 5.32 Å². The lowest BCUT2D eigenvalue weighted by molar-refractivity contribution is -0.143. The third kappa shape index (κ3) is 4.35. The van der Waals surface area contributed by atoms with E-state index in [1.165, 1.54) is 46.1 Å². The van der Waals surface area contributed by atoms with Crippen molar-refractivity contribution in [3.05, 3.63) is 88.0 Å². The van der Waals surface area contributed by atoms with Crippen LogP contribution >= 0.6 is 0 Å². The van der Waals surface area contributed by atoms with Crippen LogP contribution < -0.4 is 10.1 Å². The molecule has 4 nitrogen and oxygen atoms in total. The van der Waals surface area contributed by atoms with Crippen LogP contribution in [0.5, 0.6) is 5.75 Å². The molecule has 0 unspecified atom stereocenters. The molecule has 1 atom stereocenters. The summed E-state index contributed by atoms with van der Waals surface area (Å²) in [5, 5.41) is 3.24. The molecule has 0 saturated heterocycles. The van der Waals surface area contributed by atoms with Crippen molar-refractivity contribution >= 4 is 5.97 Å². The van der Waals surface area contributed by atoms with E-state index in [-0.39, 0.29) is 12.0 Å². The number of hydrogen-bond acceptors (Lipinski definition) is 4. The van der Waals surface area contributed by atoms with Gasteiger partial charge in [-0.3, -0.25) is 4.79 Å². The molecule has 0 saturated carbocycles. The zero-order chi connectivity index (χ0) is 22.0. The quantitative estimate of drug-likeness (QED) is 0.593. The molecule has 0 aromatic heterocycles. The number of hydrogen-bond donors (Lipinski definition) is 1. The monoisotopic (exact) mass is 415 g/mol. The first-order valence-corrected chi connectivity index (χ1v) is 10.7. The molecular weight excluding hydrogens is 386 g/mol. The molecule has 3 aromatic carbocycles. The van der Waals surface area contributed by atoms with Gasteiger partial charge < -0.3 is 14.8 Å². The lowest BCUT2D eigenvalue weighted by atomic mass is 9.91. The summed E-state index contributed by atoms with van der Waals surface area (Å²) in [6.45, 7) is 7.65. The zero-order valence-corrected chi connectivity index (χ0v) is 18.6. The number of fused-ring (bicyclic) bond motifs is 1. The first-order valence-electron chi connectivity index (χ1n) is 10.7. The molecule has 1 N–H and O–H groups in total. The molecule has 0 radical (unpaired) electrons. The Morgan fingerprint density at radius 3 is 2.48 bits per heavy atom. The van der Waals surface area contributed by atoms with Gasteiger partial charge >= 0.3 is 5.97 Å². The van der Waals surface area contributed by atoms with Crippen molar-refractivity contribution in [1.29, 1.82) is 0 Å². The Labute approximate surface area is 184 Å². The lowest BCUT2D eigenvalue weighted by Crippen LogP contribution is -2.42. The highest BCUT2D eigenvalue weighted by Crippen LogP contribution is 2.32. The number of benzene rings is 3. The highest BCUT2D eigenvalue weighted by molar-refractivity contribution is 5.76. The van der Waals surface area contributed by atoms with E-state index < -0.39 is 0 Å². The summed E-state index contributed by atoms with van der Waals surface area (Å²) in [5.41, 5.74) is 9.90. The van der Waals surface area contributed by atoms with E-state index in [0.29, 0.717) is 19.6 Å².